The van der Waals surface area contributed by atoms with Crippen molar-refractivity contribution in [1.29, 1.82) is 0 Å². The van der Waals surface area contributed by atoms with Gasteiger partial charge in [-0.3, -0.25) is 9.69 Å². The van der Waals surface area contributed by atoms with Crippen molar-refractivity contribution in [3.8, 4) is 0 Å². The molecule has 0 N–H and O–H groups in total. The molecule has 0 aliphatic carbocycles. The summed E-state index contributed by atoms with van der Waals surface area (Å²) in [6.07, 6.45) is -1.67. The van der Waals surface area contributed by atoms with E-state index in [4.69, 9.17) is 0 Å². The molecule has 5 rings (SSSR count). The molecule has 8 nitrogen and oxygen atoms in total. The van der Waals surface area contributed by atoms with Crippen LogP contribution in [0, 0.1) is 5.41 Å². The zero-order valence-corrected chi connectivity index (χ0v) is 19.6. The first-order valence-corrected chi connectivity index (χ1v) is 11.5. The van der Waals surface area contributed by atoms with Gasteiger partial charge in [-0.25, -0.2) is 28.4 Å². The molecule has 5 heterocycles. The largest absolute Gasteiger partial charge is 0.416 e. The van der Waals surface area contributed by atoms with Crippen LogP contribution in [0.2, 0.25) is 0 Å². The van der Waals surface area contributed by atoms with E-state index in [1.165, 1.54) is 11.1 Å². The van der Waals surface area contributed by atoms with Crippen molar-refractivity contribution in [2.45, 2.75) is 64.3 Å². The van der Waals surface area contributed by atoms with Gasteiger partial charge in [0.1, 0.15) is 23.7 Å². The number of pyridine rings is 1. The number of fused-ring (bicyclic) bond motifs is 1. The van der Waals surface area contributed by atoms with Gasteiger partial charge in [-0.1, -0.05) is 0 Å². The van der Waals surface area contributed by atoms with E-state index in [1.807, 2.05) is 18.7 Å². The Labute approximate surface area is 203 Å². The van der Waals surface area contributed by atoms with Gasteiger partial charge in [0.15, 0.2) is 5.65 Å². The van der Waals surface area contributed by atoms with Gasteiger partial charge in [0.05, 0.1) is 18.0 Å². The monoisotopic (exact) mass is 509 g/mol. The summed E-state index contributed by atoms with van der Waals surface area (Å²) in [6.45, 7) is 3.65. The van der Waals surface area contributed by atoms with E-state index in [1.54, 1.807) is 6.20 Å². The fraction of sp³-hybridized carbons (Fsp3) is 0.522. The Bertz CT molecular complexity index is 1280. The van der Waals surface area contributed by atoms with Crippen molar-refractivity contribution < 1.29 is 26.7 Å². The number of nitrogens with zero attached hydrogens (tertiary/aromatic N) is 7. The lowest BCUT2D eigenvalue weighted by molar-refractivity contribution is -0.137. The number of hydrogen-bond donors (Lipinski definition) is 0. The van der Waals surface area contributed by atoms with Gasteiger partial charge >= 0.3 is 6.18 Å². The molecule has 0 bridgehead atoms. The molecule has 192 valence electrons. The average Bonchev–Trinajstić information content (AvgIpc) is 3.32. The zero-order chi connectivity index (χ0) is 25.8. The van der Waals surface area contributed by atoms with Gasteiger partial charge in [0.2, 0.25) is 5.91 Å². The standard InChI is InChI=1S/C23H24F5N7O/c1-13-6-22(8-20(36)33(12-22)18-5-15(3-4-29-18)23(26,27)28)7-14(2)35(13)19-10-30-16-9-31-34(11-17(24)25)21(16)32-19/h3-5,9-10,13-14,17H,6-8,11-12H2,1-2H3/t13-,14+,22?. The van der Waals surface area contributed by atoms with Crippen molar-refractivity contribution in [1.82, 2.24) is 24.7 Å². The molecule has 3 atom stereocenters. The van der Waals surface area contributed by atoms with Crippen molar-refractivity contribution in [3.05, 3.63) is 36.3 Å². The normalized spacial score (nSPS) is 25.1. The molecule has 2 fully saturated rings. The minimum absolute atomic E-state index is 0.00181. The van der Waals surface area contributed by atoms with Gasteiger partial charge in [0, 0.05) is 36.7 Å². The molecule has 2 saturated heterocycles. The number of halogens is 5. The third-order valence-electron chi connectivity index (χ3n) is 6.98. The van der Waals surface area contributed by atoms with E-state index in [-0.39, 0.29) is 42.4 Å². The topological polar surface area (TPSA) is 80.0 Å². The zero-order valence-electron chi connectivity index (χ0n) is 19.6. The van der Waals surface area contributed by atoms with Crippen LogP contribution in [0.15, 0.2) is 30.7 Å². The lowest BCUT2D eigenvalue weighted by atomic mass is 9.72. The Balaban J connectivity index is 1.38. The van der Waals surface area contributed by atoms with Crippen LogP contribution in [-0.2, 0) is 17.5 Å². The molecular formula is C23H24F5N7O. The number of hydrogen-bond acceptors (Lipinski definition) is 6. The molecule has 0 radical (unpaired) electrons. The molecular weight excluding hydrogens is 485 g/mol. The van der Waals surface area contributed by atoms with Crippen LogP contribution in [0.25, 0.3) is 11.2 Å². The van der Waals surface area contributed by atoms with Crippen LogP contribution in [0.5, 0.6) is 0 Å². The second-order valence-electron chi connectivity index (χ2n) is 9.73. The van der Waals surface area contributed by atoms with Crippen molar-refractivity contribution in [2.75, 3.05) is 16.3 Å². The van der Waals surface area contributed by atoms with Crippen molar-refractivity contribution in [3.63, 3.8) is 0 Å². The summed E-state index contributed by atoms with van der Waals surface area (Å²) in [5, 5.41) is 3.96. The van der Waals surface area contributed by atoms with E-state index in [0.717, 1.165) is 23.0 Å². The minimum atomic E-state index is -4.53. The fourth-order valence-electron chi connectivity index (χ4n) is 5.77. The van der Waals surface area contributed by atoms with Crippen LogP contribution in [0.3, 0.4) is 0 Å². The number of carbonyl (C=O) groups is 1. The second kappa shape index (κ2) is 8.63. The fourth-order valence-corrected chi connectivity index (χ4v) is 5.77. The van der Waals surface area contributed by atoms with Gasteiger partial charge < -0.3 is 4.90 Å². The number of amides is 1. The van der Waals surface area contributed by atoms with Crippen LogP contribution in [-0.4, -0.2) is 55.7 Å². The van der Waals surface area contributed by atoms with Gasteiger partial charge in [-0.15, -0.1) is 0 Å². The van der Waals surface area contributed by atoms with Crippen LogP contribution in [0.4, 0.5) is 33.6 Å². The number of piperidine rings is 1. The maximum absolute atomic E-state index is 13.2. The predicted octanol–water partition coefficient (Wildman–Crippen LogP) is 4.31. The average molecular weight is 509 g/mol. The van der Waals surface area contributed by atoms with Gasteiger partial charge in [-0.05, 0) is 38.8 Å². The van der Waals surface area contributed by atoms with E-state index in [2.05, 4.69) is 20.1 Å². The molecule has 0 aromatic carbocycles. The molecule has 3 aromatic rings. The smallest absolute Gasteiger partial charge is 0.350 e. The molecule has 0 saturated carbocycles. The first-order valence-electron chi connectivity index (χ1n) is 11.5. The predicted molar refractivity (Wildman–Crippen MR) is 121 cm³/mol. The van der Waals surface area contributed by atoms with Crippen molar-refractivity contribution >= 4 is 28.7 Å². The number of anilines is 2. The number of carbonyl (C=O) groups excluding carboxylic acids is 1. The third-order valence-corrected chi connectivity index (χ3v) is 6.98. The minimum Gasteiger partial charge on any atom is -0.350 e. The molecule has 2 aliphatic heterocycles. The maximum atomic E-state index is 13.2. The summed E-state index contributed by atoms with van der Waals surface area (Å²) in [5.74, 6) is 0.263. The Morgan fingerprint density at radius 3 is 2.50 bits per heavy atom. The quantitative estimate of drug-likeness (QED) is 0.488. The van der Waals surface area contributed by atoms with E-state index >= 15 is 0 Å². The second-order valence-corrected chi connectivity index (χ2v) is 9.73. The molecule has 2 aliphatic rings. The van der Waals surface area contributed by atoms with E-state index in [0.29, 0.717) is 24.2 Å². The number of rotatable bonds is 4. The Morgan fingerprint density at radius 1 is 1.11 bits per heavy atom. The summed E-state index contributed by atoms with van der Waals surface area (Å²) in [5.41, 5.74) is -0.598. The summed E-state index contributed by atoms with van der Waals surface area (Å²) < 4.78 is 66.5. The van der Waals surface area contributed by atoms with E-state index < -0.39 is 30.1 Å². The van der Waals surface area contributed by atoms with Gasteiger partial charge in [-0.2, -0.15) is 18.3 Å². The molecule has 1 amide bonds. The Kier molecular flexibility index (Phi) is 5.83. The summed E-state index contributed by atoms with van der Waals surface area (Å²) >= 11 is 0. The lowest BCUT2D eigenvalue weighted by Crippen LogP contribution is -2.52. The Hall–Kier alpha value is -3.38. The van der Waals surface area contributed by atoms with Crippen LogP contribution < -0.4 is 9.80 Å². The van der Waals surface area contributed by atoms with Crippen LogP contribution >= 0.6 is 0 Å². The highest BCUT2D eigenvalue weighted by molar-refractivity contribution is 5.95. The molecule has 1 spiro atoms. The molecule has 13 heteroatoms. The SMILES string of the molecule is C[C@@H]1CC2(CC(=O)N(c3cc(C(F)(F)F)ccn3)C2)C[C@H](C)N1c1cnc2cnn(CC(F)F)c2n1. The lowest BCUT2D eigenvalue weighted by Gasteiger charge is -2.48. The van der Waals surface area contributed by atoms with Crippen LogP contribution in [0.1, 0.15) is 38.7 Å². The highest BCUT2D eigenvalue weighted by Gasteiger charge is 2.50. The first-order chi connectivity index (χ1) is 17.0. The van der Waals surface area contributed by atoms with E-state index in [9.17, 15) is 26.7 Å². The first kappa shape index (κ1) is 24.3. The van der Waals surface area contributed by atoms with Gasteiger partial charge in [0.25, 0.3) is 6.43 Å². The molecule has 3 aromatic heterocycles. The summed E-state index contributed by atoms with van der Waals surface area (Å²) in [6, 6.07) is 1.61. The molecule has 36 heavy (non-hydrogen) atoms. The van der Waals surface area contributed by atoms with Crippen molar-refractivity contribution in [2.24, 2.45) is 5.41 Å². The maximum Gasteiger partial charge on any atom is 0.416 e. The number of alkyl halides is 5. The highest BCUT2D eigenvalue weighted by atomic mass is 19.4. The summed E-state index contributed by atoms with van der Waals surface area (Å²) in [4.78, 5) is 29.3. The highest BCUT2D eigenvalue weighted by Crippen LogP contribution is 2.47. The molecule has 1 unspecified atom stereocenters. The Morgan fingerprint density at radius 2 is 1.83 bits per heavy atom. The summed E-state index contributed by atoms with van der Waals surface area (Å²) in [7, 11) is 0. The number of aromatic nitrogens is 5. The third kappa shape index (κ3) is 4.35.